The number of benzene rings is 8. The van der Waals surface area contributed by atoms with Gasteiger partial charge in [-0.2, -0.15) is 0 Å². The van der Waals surface area contributed by atoms with Gasteiger partial charge in [0.15, 0.2) is 0 Å². The third-order valence-electron chi connectivity index (χ3n) is 8.51. The van der Waals surface area contributed by atoms with Crippen LogP contribution in [0.3, 0.4) is 0 Å². The predicted molar refractivity (Wildman–Crippen MR) is 183 cm³/mol. The summed E-state index contributed by atoms with van der Waals surface area (Å²) in [6.07, 6.45) is 0. The van der Waals surface area contributed by atoms with E-state index in [1.807, 2.05) is 60.7 Å². The molecule has 0 bridgehead atoms. The van der Waals surface area contributed by atoms with Gasteiger partial charge >= 0.3 is 0 Å². The van der Waals surface area contributed by atoms with Crippen LogP contribution in [0.1, 0.15) is 6.85 Å². The van der Waals surface area contributed by atoms with Crippen molar-refractivity contribution < 1.29 is 11.3 Å². The van der Waals surface area contributed by atoms with E-state index in [1.165, 1.54) is 5.56 Å². The lowest BCUT2D eigenvalue weighted by atomic mass is 9.86. The number of fused-ring (bicyclic) bond motifs is 6. The molecule has 0 aliphatic heterocycles. The van der Waals surface area contributed by atoms with Crippen LogP contribution in [-0.4, -0.2) is 0 Å². The van der Waals surface area contributed by atoms with Gasteiger partial charge in [-0.15, -0.1) is 0 Å². The van der Waals surface area contributed by atoms with Crippen LogP contribution in [0.25, 0.3) is 87.6 Å². The summed E-state index contributed by atoms with van der Waals surface area (Å²) in [5.41, 5.74) is 6.82. The standard InChI is InChI=1S/C42H26O/c1-3-11-27(12-4-1)29-19-20-30-26-40-38(25-32(30)23-29)37-24-31(21-22-39(37)43-40)42-35-17-9-7-15-33(35)41(28-13-5-2-6-14-28)34-16-8-10-18-36(34)42/h1-26H/i2D,5D,6D,13D,14D. The molecule has 9 rings (SSSR count). The van der Waals surface area contributed by atoms with Crippen LogP contribution in [0.2, 0.25) is 0 Å². The zero-order valence-corrected chi connectivity index (χ0v) is 23.0. The van der Waals surface area contributed by atoms with Crippen LogP contribution < -0.4 is 0 Å². The highest BCUT2D eigenvalue weighted by Crippen LogP contribution is 2.45. The zero-order valence-electron chi connectivity index (χ0n) is 28.0. The number of rotatable bonds is 3. The van der Waals surface area contributed by atoms with Gasteiger partial charge in [-0.05, 0) is 96.0 Å². The van der Waals surface area contributed by atoms with Gasteiger partial charge in [-0.3, -0.25) is 0 Å². The Morgan fingerprint density at radius 1 is 0.372 bits per heavy atom. The first kappa shape index (κ1) is 19.5. The summed E-state index contributed by atoms with van der Waals surface area (Å²) in [6, 6.07) is 41.9. The Hall–Kier alpha value is -5.66. The molecule has 0 amide bonds. The largest absolute Gasteiger partial charge is 0.456 e. The molecule has 9 aromatic rings. The lowest BCUT2D eigenvalue weighted by Crippen LogP contribution is -1.90. The van der Waals surface area contributed by atoms with Gasteiger partial charge in [-0.1, -0.05) is 127 Å². The van der Waals surface area contributed by atoms with Crippen molar-refractivity contribution in [3.63, 3.8) is 0 Å². The second-order valence-electron chi connectivity index (χ2n) is 10.9. The van der Waals surface area contributed by atoms with Gasteiger partial charge < -0.3 is 4.42 Å². The Bertz CT molecular complexity index is 2700. The fourth-order valence-electron chi connectivity index (χ4n) is 6.57. The Labute approximate surface area is 256 Å². The van der Waals surface area contributed by atoms with Gasteiger partial charge in [-0.25, -0.2) is 0 Å². The molecule has 1 heteroatoms. The third kappa shape index (κ3) is 3.79. The number of furan rings is 1. The van der Waals surface area contributed by atoms with Crippen molar-refractivity contribution in [1.82, 2.24) is 0 Å². The molecule has 0 saturated heterocycles. The zero-order chi connectivity index (χ0) is 32.7. The first-order valence-corrected chi connectivity index (χ1v) is 14.4. The second kappa shape index (κ2) is 9.44. The summed E-state index contributed by atoms with van der Waals surface area (Å²) >= 11 is 0. The molecule has 8 aromatic carbocycles. The van der Waals surface area contributed by atoms with Crippen molar-refractivity contribution in [1.29, 1.82) is 0 Å². The molecule has 43 heavy (non-hydrogen) atoms. The second-order valence-corrected chi connectivity index (χ2v) is 10.9. The van der Waals surface area contributed by atoms with Gasteiger partial charge in [0.25, 0.3) is 0 Å². The first-order valence-electron chi connectivity index (χ1n) is 16.9. The van der Waals surface area contributed by atoms with Crippen molar-refractivity contribution in [3.8, 4) is 33.4 Å². The maximum atomic E-state index is 8.83. The highest BCUT2D eigenvalue weighted by Gasteiger charge is 2.18. The van der Waals surface area contributed by atoms with E-state index in [-0.39, 0.29) is 29.7 Å². The van der Waals surface area contributed by atoms with Crippen LogP contribution in [0.5, 0.6) is 0 Å². The smallest absolute Gasteiger partial charge is 0.136 e. The van der Waals surface area contributed by atoms with E-state index >= 15 is 0 Å². The summed E-state index contributed by atoms with van der Waals surface area (Å²) in [5, 5.41) is 7.80. The van der Waals surface area contributed by atoms with Crippen LogP contribution in [0.15, 0.2) is 162 Å². The maximum Gasteiger partial charge on any atom is 0.136 e. The SMILES string of the molecule is [2H]c1c([2H])c([2H])c(-c2c3ccccc3c(-c3ccc4oc5cc6ccc(-c7ccccc7)cc6cc5c4c3)c3ccccc23)c([2H])c1[2H]. The van der Waals surface area contributed by atoms with Gasteiger partial charge in [0.2, 0.25) is 0 Å². The monoisotopic (exact) mass is 551 g/mol. The summed E-state index contributed by atoms with van der Waals surface area (Å²) < 4.78 is 49.0. The lowest BCUT2D eigenvalue weighted by molar-refractivity contribution is 0.669. The third-order valence-corrected chi connectivity index (χ3v) is 8.51. The van der Waals surface area contributed by atoms with E-state index in [0.717, 1.165) is 70.9 Å². The van der Waals surface area contributed by atoms with Gasteiger partial charge in [0.1, 0.15) is 11.2 Å². The highest BCUT2D eigenvalue weighted by atomic mass is 16.3. The predicted octanol–water partition coefficient (Wildman–Crippen LogP) is 12.0. The van der Waals surface area contributed by atoms with Crippen molar-refractivity contribution in [2.24, 2.45) is 0 Å². The minimum absolute atomic E-state index is 0.206. The van der Waals surface area contributed by atoms with Gasteiger partial charge in [0, 0.05) is 10.8 Å². The van der Waals surface area contributed by atoms with E-state index in [4.69, 9.17) is 11.3 Å². The lowest BCUT2D eigenvalue weighted by Gasteiger charge is -2.17. The normalized spacial score (nSPS) is 13.3. The van der Waals surface area contributed by atoms with E-state index < -0.39 is 6.04 Å². The number of hydrogen-bond acceptors (Lipinski definition) is 1. The maximum absolute atomic E-state index is 8.83. The molecule has 0 fully saturated rings. The van der Waals surface area contributed by atoms with Crippen LogP contribution in [0, 0.1) is 0 Å². The molecule has 1 nitrogen and oxygen atoms in total. The fraction of sp³-hybridized carbons (Fsp3) is 0. The molecule has 0 radical (unpaired) electrons. The Balaban J connectivity index is 1.32. The van der Waals surface area contributed by atoms with Crippen molar-refractivity contribution in [2.75, 3.05) is 0 Å². The summed E-state index contributed by atoms with van der Waals surface area (Å²) in [6.45, 7) is 0. The van der Waals surface area contributed by atoms with Crippen LogP contribution in [-0.2, 0) is 0 Å². The highest BCUT2D eigenvalue weighted by molar-refractivity contribution is 6.22. The van der Waals surface area contributed by atoms with Crippen molar-refractivity contribution in [2.45, 2.75) is 0 Å². The Morgan fingerprint density at radius 2 is 0.977 bits per heavy atom. The molecule has 0 N–H and O–H groups in total. The number of hydrogen-bond donors (Lipinski definition) is 0. The molecule has 0 spiro atoms. The summed E-state index contributed by atoms with van der Waals surface area (Å²) in [7, 11) is 0. The Kier molecular flexibility index (Phi) is 4.27. The molecule has 0 unspecified atom stereocenters. The average Bonchev–Trinajstić information content (AvgIpc) is 3.48. The molecule has 0 saturated carbocycles. The van der Waals surface area contributed by atoms with Crippen molar-refractivity contribution >= 4 is 54.3 Å². The molecule has 1 heterocycles. The molecule has 0 aliphatic rings. The molecular weight excluding hydrogens is 520 g/mol. The topological polar surface area (TPSA) is 13.1 Å². The molecule has 0 aliphatic carbocycles. The quantitative estimate of drug-likeness (QED) is 0.199. The average molecular weight is 552 g/mol. The summed E-state index contributed by atoms with van der Waals surface area (Å²) in [5.74, 6) is 0. The van der Waals surface area contributed by atoms with E-state index in [9.17, 15) is 0 Å². The Morgan fingerprint density at radius 3 is 1.67 bits per heavy atom. The fourth-order valence-corrected chi connectivity index (χ4v) is 6.57. The molecular formula is C42H26O. The molecule has 200 valence electrons. The molecule has 0 atom stereocenters. The van der Waals surface area contributed by atoms with E-state index in [0.29, 0.717) is 5.56 Å². The van der Waals surface area contributed by atoms with Gasteiger partial charge in [0.05, 0.1) is 6.85 Å². The van der Waals surface area contributed by atoms with Crippen LogP contribution >= 0.6 is 0 Å². The van der Waals surface area contributed by atoms with E-state index in [1.54, 1.807) is 0 Å². The van der Waals surface area contributed by atoms with Crippen LogP contribution in [0.4, 0.5) is 0 Å². The molecule has 1 aromatic heterocycles. The van der Waals surface area contributed by atoms with E-state index in [2.05, 4.69) is 66.7 Å². The summed E-state index contributed by atoms with van der Waals surface area (Å²) in [4.78, 5) is 0. The minimum atomic E-state index is -0.399. The minimum Gasteiger partial charge on any atom is -0.456 e. The first-order chi connectivity index (χ1) is 23.4. The van der Waals surface area contributed by atoms with Crippen molar-refractivity contribution in [3.05, 3.63) is 158 Å².